The number of ether oxygens (including phenoxy) is 2. The Kier molecular flexibility index (Phi) is 9.01. The van der Waals surface area contributed by atoms with Gasteiger partial charge in [0, 0.05) is 78.5 Å². The normalized spacial score (nSPS) is 10.4. The molecule has 0 spiro atoms. The van der Waals surface area contributed by atoms with Gasteiger partial charge in [0.1, 0.15) is 6.73 Å². The van der Waals surface area contributed by atoms with E-state index in [9.17, 15) is 4.79 Å². The van der Waals surface area contributed by atoms with E-state index in [1.165, 1.54) is 17.0 Å². The number of rotatable bonds is 6. The third-order valence-corrected chi connectivity index (χ3v) is 3.97. The zero-order valence-corrected chi connectivity index (χ0v) is 16.0. The van der Waals surface area contributed by atoms with Crippen LogP contribution in [-0.4, -0.2) is 81.6 Å². The van der Waals surface area contributed by atoms with Crippen LogP contribution in [0.5, 0.6) is 0 Å². The molecular formula is C11H17KN3O3Si. The van der Waals surface area contributed by atoms with Gasteiger partial charge in [0.25, 0.3) is 6.26 Å². The van der Waals surface area contributed by atoms with Gasteiger partial charge in [-0.2, -0.15) is 0 Å². The molecule has 0 amide bonds. The van der Waals surface area contributed by atoms with Crippen LogP contribution in [0.1, 0.15) is 10.6 Å². The van der Waals surface area contributed by atoms with Crippen molar-refractivity contribution in [1.82, 2.24) is 9.55 Å². The molecule has 0 bridgehead atoms. The summed E-state index contributed by atoms with van der Waals surface area (Å²) in [6.07, 6.45) is 4.41. The van der Waals surface area contributed by atoms with Crippen molar-refractivity contribution in [3.05, 3.63) is 18.2 Å². The number of aromatic nitrogens is 2. The molecule has 19 heavy (non-hydrogen) atoms. The second-order valence-electron chi connectivity index (χ2n) is 5.05. The van der Waals surface area contributed by atoms with Crippen molar-refractivity contribution in [1.29, 1.82) is 5.26 Å². The third kappa shape index (κ3) is 7.36. The summed E-state index contributed by atoms with van der Waals surface area (Å²) in [7, 11) is -1.11. The molecule has 8 heteroatoms. The summed E-state index contributed by atoms with van der Waals surface area (Å²) in [4.78, 5) is 15.2. The van der Waals surface area contributed by atoms with E-state index in [2.05, 4.69) is 29.4 Å². The van der Waals surface area contributed by atoms with Crippen molar-refractivity contribution < 1.29 is 14.3 Å². The molecule has 0 atom stereocenters. The zero-order chi connectivity index (χ0) is 13.6. The summed E-state index contributed by atoms with van der Waals surface area (Å²) in [5.41, 5.74) is 0. The zero-order valence-electron chi connectivity index (χ0n) is 11.8. The van der Waals surface area contributed by atoms with Crippen molar-refractivity contribution >= 4 is 65.4 Å². The van der Waals surface area contributed by atoms with Crippen LogP contribution in [0.2, 0.25) is 25.7 Å². The van der Waals surface area contributed by atoms with Crippen molar-refractivity contribution in [3.8, 4) is 6.26 Å². The van der Waals surface area contributed by atoms with E-state index in [1.807, 2.05) is 0 Å². The van der Waals surface area contributed by atoms with E-state index in [0.29, 0.717) is 6.61 Å². The van der Waals surface area contributed by atoms with Gasteiger partial charge >= 0.3 is 5.97 Å². The number of imidazole rings is 1. The Balaban J connectivity index is 0.00000324. The van der Waals surface area contributed by atoms with Crippen LogP contribution in [0.25, 0.3) is 0 Å². The third-order valence-electron chi connectivity index (χ3n) is 2.26. The van der Waals surface area contributed by atoms with E-state index in [1.54, 1.807) is 6.20 Å². The van der Waals surface area contributed by atoms with Gasteiger partial charge in [0.05, 0.1) is 0 Å². The molecule has 1 aromatic rings. The molecule has 1 heterocycles. The molecule has 0 unspecified atom stereocenters. The molecule has 0 aromatic carbocycles. The van der Waals surface area contributed by atoms with Crippen molar-refractivity contribution in [2.45, 2.75) is 32.4 Å². The summed E-state index contributed by atoms with van der Waals surface area (Å²) in [5, 5.41) is 8.27. The molecule has 1 rings (SSSR count). The smallest absolute Gasteiger partial charge is 0.361 e. The molecule has 1 radical (unpaired) electrons. The Labute approximate surface area is 156 Å². The van der Waals surface area contributed by atoms with E-state index in [-0.39, 0.29) is 63.9 Å². The summed E-state index contributed by atoms with van der Waals surface area (Å²) in [6.45, 7) is 7.69. The van der Waals surface area contributed by atoms with Crippen molar-refractivity contribution in [2.24, 2.45) is 0 Å². The average Bonchev–Trinajstić information content (AvgIpc) is 2.71. The molecule has 0 aliphatic rings. The Morgan fingerprint density at radius 3 is 2.79 bits per heavy atom. The Morgan fingerprint density at radius 2 is 2.21 bits per heavy atom. The summed E-state index contributed by atoms with van der Waals surface area (Å²) in [5.74, 6) is -0.694. The van der Waals surface area contributed by atoms with Crippen LogP contribution in [0.15, 0.2) is 12.4 Å². The number of nitriles is 1. The largest absolute Gasteiger partial charge is 0.389 e. The van der Waals surface area contributed by atoms with Crippen LogP contribution in [0, 0.1) is 11.5 Å². The fourth-order valence-electron chi connectivity index (χ4n) is 1.23. The minimum Gasteiger partial charge on any atom is -0.361 e. The van der Waals surface area contributed by atoms with Gasteiger partial charge in [-0.3, -0.25) is 0 Å². The number of nitrogens with zero attached hydrogens (tertiary/aromatic N) is 3. The number of carbonyl (C=O) groups is 1. The first kappa shape index (κ1) is 19.0. The fraction of sp³-hybridized carbons (Fsp3) is 0.545. The topological polar surface area (TPSA) is 77.1 Å². The van der Waals surface area contributed by atoms with E-state index in [0.717, 1.165) is 6.04 Å². The maximum Gasteiger partial charge on any atom is 0.389 e. The second kappa shape index (κ2) is 9.02. The first-order valence-corrected chi connectivity index (χ1v) is 9.34. The quantitative estimate of drug-likeness (QED) is 0.344. The standard InChI is InChI=1S/C11H17N3O3Si.K/c1-18(2,3)7-6-16-9-14-5-4-13-10(14)11(15)17-8-12;/h4-5H,6-7,9H2,1-3H3;. The summed E-state index contributed by atoms with van der Waals surface area (Å²) in [6, 6.07) is 1.06. The fourth-order valence-corrected chi connectivity index (χ4v) is 1.99. The van der Waals surface area contributed by atoms with Gasteiger partial charge in [-0.15, -0.1) is 5.26 Å². The van der Waals surface area contributed by atoms with E-state index < -0.39 is 14.0 Å². The first-order valence-electron chi connectivity index (χ1n) is 5.63. The summed E-state index contributed by atoms with van der Waals surface area (Å²) < 4.78 is 11.2. The van der Waals surface area contributed by atoms with Gasteiger partial charge in [-0.05, 0) is 6.04 Å². The molecule has 0 fully saturated rings. The Hall–Kier alpha value is -0.0168. The van der Waals surface area contributed by atoms with Gasteiger partial charge in [-0.25, -0.2) is 9.78 Å². The minimum atomic E-state index is -1.11. The number of esters is 1. The van der Waals surface area contributed by atoms with Gasteiger partial charge in [0.15, 0.2) is 0 Å². The minimum absolute atomic E-state index is 0. The van der Waals surface area contributed by atoms with Crippen LogP contribution in [0.4, 0.5) is 0 Å². The monoisotopic (exact) mass is 306 g/mol. The molecule has 0 N–H and O–H groups in total. The van der Waals surface area contributed by atoms with Crippen LogP contribution in [-0.2, 0) is 16.2 Å². The second-order valence-corrected chi connectivity index (χ2v) is 10.7. The Bertz CT molecular complexity index is 451. The number of hydrogen-bond donors (Lipinski definition) is 0. The molecule has 0 aliphatic carbocycles. The first-order chi connectivity index (χ1) is 8.44. The molecule has 0 aliphatic heterocycles. The SMILES string of the molecule is C[Si](C)(C)CCOCn1ccnc1C(=O)OC#N.[K]. The molecule has 0 saturated heterocycles. The molecule has 6 nitrogen and oxygen atoms in total. The van der Waals surface area contributed by atoms with Crippen LogP contribution in [0.3, 0.4) is 0 Å². The van der Waals surface area contributed by atoms with Crippen molar-refractivity contribution in [2.75, 3.05) is 6.61 Å². The number of hydrogen-bond acceptors (Lipinski definition) is 5. The van der Waals surface area contributed by atoms with Crippen molar-refractivity contribution in [3.63, 3.8) is 0 Å². The summed E-state index contributed by atoms with van der Waals surface area (Å²) >= 11 is 0. The maximum atomic E-state index is 11.3. The molecule has 0 saturated carbocycles. The van der Waals surface area contributed by atoms with Gasteiger partial charge in [-0.1, -0.05) is 19.6 Å². The molecule has 1 aromatic heterocycles. The average molecular weight is 306 g/mol. The predicted molar refractivity (Wildman–Crippen MR) is 73.1 cm³/mol. The van der Waals surface area contributed by atoms with Gasteiger partial charge in [0.2, 0.25) is 5.82 Å². The Morgan fingerprint density at radius 1 is 1.53 bits per heavy atom. The molecular weight excluding hydrogens is 289 g/mol. The van der Waals surface area contributed by atoms with E-state index >= 15 is 0 Å². The van der Waals surface area contributed by atoms with E-state index in [4.69, 9.17) is 10.00 Å². The van der Waals surface area contributed by atoms with Crippen LogP contribution >= 0.6 is 0 Å². The van der Waals surface area contributed by atoms with Crippen LogP contribution < -0.4 is 0 Å². The molecule has 99 valence electrons. The van der Waals surface area contributed by atoms with Gasteiger partial charge < -0.3 is 14.0 Å². The maximum absolute atomic E-state index is 11.3. The number of carbonyl (C=O) groups excluding carboxylic acids is 1. The predicted octanol–water partition coefficient (Wildman–Crippen LogP) is 1.45.